The van der Waals surface area contributed by atoms with Crippen LogP contribution >= 0.6 is 0 Å². The van der Waals surface area contributed by atoms with Crippen LogP contribution in [0.1, 0.15) is 11.1 Å². The molecule has 0 atom stereocenters. The van der Waals surface area contributed by atoms with Gasteiger partial charge in [-0.05, 0) is 47.5 Å². The summed E-state index contributed by atoms with van der Waals surface area (Å²) < 4.78 is 20.1. The van der Waals surface area contributed by atoms with Crippen molar-refractivity contribution < 1.29 is 28.5 Å². The van der Waals surface area contributed by atoms with Gasteiger partial charge in [-0.2, -0.15) is 10.5 Å². The van der Waals surface area contributed by atoms with Gasteiger partial charge in [-0.1, -0.05) is 18.2 Å². The molecular formula is C23H18N2O6. The van der Waals surface area contributed by atoms with E-state index >= 15 is 0 Å². The fraction of sp³-hybridized carbons (Fsp3) is 0.130. The maximum atomic E-state index is 12.5. The second-order valence-corrected chi connectivity index (χ2v) is 5.90. The summed E-state index contributed by atoms with van der Waals surface area (Å²) in [5.41, 5.74) is 0.651. The number of hydrogen-bond acceptors (Lipinski definition) is 8. The molecule has 2 aromatic carbocycles. The van der Waals surface area contributed by atoms with E-state index in [1.165, 1.54) is 51.7 Å². The zero-order chi connectivity index (χ0) is 22.8. The van der Waals surface area contributed by atoms with E-state index in [2.05, 4.69) is 4.74 Å². The maximum Gasteiger partial charge on any atom is 0.354 e. The predicted octanol–water partition coefficient (Wildman–Crippen LogP) is 3.30. The van der Waals surface area contributed by atoms with Crippen molar-refractivity contribution in [3.05, 3.63) is 64.7 Å². The SMILES string of the molecule is COC(=O)/C(C#N)=C/c1ccc(OC(=O)/C(C#N)=C/c2ccc(OC)cc2)c(OC)c1. The molecule has 2 aromatic rings. The Labute approximate surface area is 179 Å². The number of nitrogens with zero attached hydrogens (tertiary/aromatic N) is 2. The second kappa shape index (κ2) is 10.8. The minimum atomic E-state index is -0.868. The molecule has 0 bridgehead atoms. The lowest BCUT2D eigenvalue weighted by atomic mass is 10.1. The van der Waals surface area contributed by atoms with E-state index in [-0.39, 0.29) is 22.6 Å². The highest BCUT2D eigenvalue weighted by Crippen LogP contribution is 2.30. The molecule has 0 spiro atoms. The molecule has 0 unspecified atom stereocenters. The van der Waals surface area contributed by atoms with Crippen LogP contribution in [-0.2, 0) is 14.3 Å². The van der Waals surface area contributed by atoms with Crippen molar-refractivity contribution in [1.29, 1.82) is 10.5 Å². The molecule has 0 N–H and O–H groups in total. The summed E-state index contributed by atoms with van der Waals surface area (Å²) in [6, 6.07) is 14.8. The fourth-order valence-corrected chi connectivity index (χ4v) is 2.43. The van der Waals surface area contributed by atoms with Gasteiger partial charge in [0.25, 0.3) is 0 Å². The average Bonchev–Trinajstić information content (AvgIpc) is 2.81. The molecule has 31 heavy (non-hydrogen) atoms. The van der Waals surface area contributed by atoms with Gasteiger partial charge in [0.15, 0.2) is 11.5 Å². The Morgan fingerprint density at radius 2 is 1.35 bits per heavy atom. The lowest BCUT2D eigenvalue weighted by Crippen LogP contribution is -2.11. The Hall–Kier alpha value is -4.56. The number of nitriles is 2. The number of ether oxygens (including phenoxy) is 4. The molecule has 0 heterocycles. The number of esters is 2. The number of carbonyl (C=O) groups excluding carboxylic acids is 2. The van der Waals surface area contributed by atoms with Gasteiger partial charge < -0.3 is 18.9 Å². The van der Waals surface area contributed by atoms with Crippen LogP contribution in [0, 0.1) is 22.7 Å². The molecule has 8 heteroatoms. The van der Waals surface area contributed by atoms with Crippen LogP contribution in [0.4, 0.5) is 0 Å². The van der Waals surface area contributed by atoms with Crippen LogP contribution < -0.4 is 14.2 Å². The summed E-state index contributed by atoms with van der Waals surface area (Å²) in [5.74, 6) is -0.765. The van der Waals surface area contributed by atoms with Crippen molar-refractivity contribution in [3.63, 3.8) is 0 Å². The van der Waals surface area contributed by atoms with Crippen molar-refractivity contribution in [2.75, 3.05) is 21.3 Å². The van der Waals surface area contributed by atoms with Gasteiger partial charge in [-0.15, -0.1) is 0 Å². The summed E-state index contributed by atoms with van der Waals surface area (Å²) in [6.45, 7) is 0. The highest BCUT2D eigenvalue weighted by molar-refractivity contribution is 5.99. The van der Waals surface area contributed by atoms with Crippen molar-refractivity contribution >= 4 is 24.1 Å². The smallest absolute Gasteiger partial charge is 0.354 e. The first-order valence-corrected chi connectivity index (χ1v) is 8.81. The van der Waals surface area contributed by atoms with E-state index in [9.17, 15) is 14.9 Å². The third-order valence-electron chi connectivity index (χ3n) is 3.99. The maximum absolute atomic E-state index is 12.5. The number of rotatable bonds is 7. The number of methoxy groups -OCH3 is 3. The van der Waals surface area contributed by atoms with Gasteiger partial charge in [0.1, 0.15) is 29.0 Å². The Morgan fingerprint density at radius 1 is 0.774 bits per heavy atom. The zero-order valence-corrected chi connectivity index (χ0v) is 17.0. The fourth-order valence-electron chi connectivity index (χ4n) is 2.43. The summed E-state index contributed by atoms with van der Waals surface area (Å²) in [7, 11) is 4.07. The number of benzene rings is 2. The average molecular weight is 418 g/mol. The molecule has 0 radical (unpaired) electrons. The van der Waals surface area contributed by atoms with Crippen molar-refractivity contribution in [3.8, 4) is 29.4 Å². The molecule has 0 fully saturated rings. The van der Waals surface area contributed by atoms with E-state index in [0.717, 1.165) is 0 Å². The standard InChI is InChI=1S/C23H18N2O6/c1-28-19-7-4-15(5-8-19)10-18(14-25)23(27)31-20-9-6-16(12-21(20)29-2)11-17(13-24)22(26)30-3/h4-12H,1-3H3/b17-11+,18-10+. The molecule has 0 saturated heterocycles. The minimum absolute atomic E-state index is 0.0668. The molecule has 8 nitrogen and oxygen atoms in total. The van der Waals surface area contributed by atoms with Gasteiger partial charge in [-0.25, -0.2) is 9.59 Å². The summed E-state index contributed by atoms with van der Waals surface area (Å²) in [4.78, 5) is 24.0. The second-order valence-electron chi connectivity index (χ2n) is 5.90. The molecule has 0 aliphatic rings. The van der Waals surface area contributed by atoms with E-state index in [1.807, 2.05) is 6.07 Å². The largest absolute Gasteiger partial charge is 0.497 e. The van der Waals surface area contributed by atoms with Crippen molar-refractivity contribution in [2.24, 2.45) is 0 Å². The first-order chi connectivity index (χ1) is 14.9. The van der Waals surface area contributed by atoms with Crippen LogP contribution in [0.15, 0.2) is 53.6 Å². The van der Waals surface area contributed by atoms with Gasteiger partial charge in [-0.3, -0.25) is 0 Å². The van der Waals surface area contributed by atoms with Gasteiger partial charge in [0.2, 0.25) is 0 Å². The molecule has 0 saturated carbocycles. The van der Waals surface area contributed by atoms with E-state index in [4.69, 9.17) is 19.5 Å². The quantitative estimate of drug-likeness (QED) is 0.291. The highest BCUT2D eigenvalue weighted by Gasteiger charge is 2.16. The molecular weight excluding hydrogens is 400 g/mol. The van der Waals surface area contributed by atoms with Crippen LogP contribution in [0.3, 0.4) is 0 Å². The lowest BCUT2D eigenvalue weighted by Gasteiger charge is -2.10. The Bertz CT molecular complexity index is 1120. The number of hydrogen-bond donors (Lipinski definition) is 0. The molecule has 0 aliphatic heterocycles. The Balaban J connectivity index is 2.28. The monoisotopic (exact) mass is 418 g/mol. The first-order valence-electron chi connectivity index (χ1n) is 8.81. The van der Waals surface area contributed by atoms with Crippen LogP contribution in [0.2, 0.25) is 0 Å². The van der Waals surface area contributed by atoms with Crippen molar-refractivity contribution in [2.45, 2.75) is 0 Å². The molecule has 0 aliphatic carbocycles. The van der Waals surface area contributed by atoms with Gasteiger partial charge in [0.05, 0.1) is 21.3 Å². The van der Waals surface area contributed by atoms with Crippen LogP contribution in [0.5, 0.6) is 17.2 Å². The van der Waals surface area contributed by atoms with E-state index in [0.29, 0.717) is 16.9 Å². The lowest BCUT2D eigenvalue weighted by molar-refractivity contribution is -0.135. The van der Waals surface area contributed by atoms with Gasteiger partial charge in [0, 0.05) is 0 Å². The van der Waals surface area contributed by atoms with Crippen molar-refractivity contribution in [1.82, 2.24) is 0 Å². The molecule has 2 rings (SSSR count). The Morgan fingerprint density at radius 3 is 1.90 bits per heavy atom. The summed E-state index contributed by atoms with van der Waals surface area (Å²) in [5, 5.41) is 18.4. The van der Waals surface area contributed by atoms with Crippen LogP contribution in [-0.4, -0.2) is 33.3 Å². The zero-order valence-electron chi connectivity index (χ0n) is 17.0. The third-order valence-corrected chi connectivity index (χ3v) is 3.99. The van der Waals surface area contributed by atoms with E-state index in [1.54, 1.807) is 30.3 Å². The normalized spacial score (nSPS) is 11.0. The minimum Gasteiger partial charge on any atom is -0.497 e. The topological polar surface area (TPSA) is 119 Å². The summed E-state index contributed by atoms with van der Waals surface area (Å²) in [6.07, 6.45) is 2.70. The predicted molar refractivity (Wildman–Crippen MR) is 111 cm³/mol. The highest BCUT2D eigenvalue weighted by atomic mass is 16.6. The first kappa shape index (κ1) is 22.7. The summed E-state index contributed by atoms with van der Waals surface area (Å²) >= 11 is 0. The number of carbonyl (C=O) groups is 2. The third kappa shape index (κ3) is 5.96. The molecule has 0 amide bonds. The molecule has 0 aromatic heterocycles. The van der Waals surface area contributed by atoms with Gasteiger partial charge >= 0.3 is 11.9 Å². The van der Waals surface area contributed by atoms with E-state index < -0.39 is 11.9 Å². The molecule has 156 valence electrons. The Kier molecular flexibility index (Phi) is 7.95. The van der Waals surface area contributed by atoms with Crippen LogP contribution in [0.25, 0.3) is 12.2 Å².